The average molecular weight is 564 g/mol. The molecule has 5 rings (SSSR count). The molecule has 2 aliphatic heterocycles. The molecule has 2 aromatic carbocycles. The number of carbonyl (C=O) groups excluding carboxylic acids is 1. The number of nitriles is 1. The van der Waals surface area contributed by atoms with E-state index in [-0.39, 0.29) is 10.9 Å². The van der Waals surface area contributed by atoms with Gasteiger partial charge in [0.15, 0.2) is 8.32 Å². The summed E-state index contributed by atoms with van der Waals surface area (Å²) in [7, 11) is -1.73. The molecular formula is C32H42ClN3O2Si. The minimum absolute atomic E-state index is 0.0922. The van der Waals surface area contributed by atoms with Crippen molar-refractivity contribution in [2.24, 2.45) is 5.92 Å². The number of hydrogen-bond acceptors (Lipinski definition) is 4. The molecular weight excluding hydrogens is 522 g/mol. The van der Waals surface area contributed by atoms with E-state index >= 15 is 0 Å². The molecule has 0 bridgehead atoms. The zero-order chi connectivity index (χ0) is 28.0. The largest absolute Gasteiger partial charge is 0.417 e. The zero-order valence-corrected chi connectivity index (χ0v) is 25.9. The number of hydrogen-bond donors (Lipinski definition) is 0. The van der Waals surface area contributed by atoms with Gasteiger partial charge in [0.25, 0.3) is 0 Å². The monoisotopic (exact) mass is 563 g/mol. The lowest BCUT2D eigenvalue weighted by atomic mass is 9.70. The summed E-state index contributed by atoms with van der Waals surface area (Å²) >= 11 is 6.39. The predicted octanol–water partition coefficient (Wildman–Crippen LogP) is 8.33. The number of amides is 1. The Morgan fingerprint density at radius 3 is 2.41 bits per heavy atom. The number of halogens is 1. The summed E-state index contributed by atoms with van der Waals surface area (Å²) in [5.41, 5.74) is 3.66. The van der Waals surface area contributed by atoms with E-state index in [2.05, 4.69) is 63.0 Å². The van der Waals surface area contributed by atoms with Gasteiger partial charge in [-0.15, -0.1) is 0 Å². The first-order valence-corrected chi connectivity index (χ1v) is 17.8. The topological polar surface area (TPSA) is 56.6 Å². The lowest BCUT2D eigenvalue weighted by molar-refractivity contribution is -0.123. The van der Waals surface area contributed by atoms with Gasteiger partial charge in [-0.2, -0.15) is 5.26 Å². The molecule has 5 nitrogen and oxygen atoms in total. The Balaban J connectivity index is 1.40. The molecule has 39 heavy (non-hydrogen) atoms. The molecule has 2 aromatic rings. The first-order valence-electron chi connectivity index (χ1n) is 14.6. The van der Waals surface area contributed by atoms with E-state index in [1.807, 2.05) is 12.1 Å². The van der Waals surface area contributed by atoms with Gasteiger partial charge >= 0.3 is 0 Å². The highest BCUT2D eigenvalue weighted by atomic mass is 35.5. The molecule has 208 valence electrons. The van der Waals surface area contributed by atoms with Crippen LogP contribution in [0.15, 0.2) is 36.4 Å². The number of nitrogens with zero attached hydrogens (tertiary/aromatic N) is 3. The van der Waals surface area contributed by atoms with Crippen LogP contribution >= 0.6 is 11.6 Å². The van der Waals surface area contributed by atoms with Gasteiger partial charge in [-0.3, -0.25) is 9.69 Å². The van der Waals surface area contributed by atoms with Crippen molar-refractivity contribution in [2.45, 2.75) is 89.3 Å². The fourth-order valence-electron chi connectivity index (χ4n) is 6.33. The Morgan fingerprint density at radius 2 is 1.77 bits per heavy atom. The van der Waals surface area contributed by atoms with Crippen LogP contribution in [0.2, 0.25) is 23.2 Å². The van der Waals surface area contributed by atoms with Gasteiger partial charge in [0.05, 0.1) is 27.4 Å². The maximum atomic E-state index is 14.2. The molecule has 1 amide bonds. The fraction of sp³-hybridized carbons (Fsp3) is 0.562. The van der Waals surface area contributed by atoms with Gasteiger partial charge < -0.3 is 9.33 Å². The van der Waals surface area contributed by atoms with Crippen molar-refractivity contribution in [1.29, 1.82) is 5.26 Å². The third kappa shape index (κ3) is 5.03. The predicted molar refractivity (Wildman–Crippen MR) is 163 cm³/mol. The van der Waals surface area contributed by atoms with Crippen LogP contribution in [0.3, 0.4) is 0 Å². The standard InChI is InChI=1S/C32H42ClN3O2Si/c1-31(2,3)39(4,5)38-22-23-14-18-35(19-15-23)24-12-13-29-26(20-24)32(16-7-6-8-17-32)30(37)36(29)28-11-9-10-27(33)25(28)21-34/h9-13,20,23H,6-8,14-19,22H2,1-5H3. The van der Waals surface area contributed by atoms with Gasteiger partial charge in [-0.05, 0) is 85.6 Å². The SMILES string of the molecule is CC(C)(C)[Si](C)(C)OCC1CCN(c2ccc3c(c2)C2(CCCCC2)C(=O)N3c2cccc(Cl)c2C#N)CC1. The van der Waals surface area contributed by atoms with E-state index in [4.69, 9.17) is 16.0 Å². The summed E-state index contributed by atoms with van der Waals surface area (Å²) in [6.45, 7) is 14.4. The Hall–Kier alpha value is -2.33. The number of rotatable bonds is 5. The van der Waals surface area contributed by atoms with Gasteiger partial charge in [0, 0.05) is 25.4 Å². The molecule has 0 unspecified atom stereocenters. The van der Waals surface area contributed by atoms with Gasteiger partial charge in [-0.1, -0.05) is 57.7 Å². The van der Waals surface area contributed by atoms with Crippen LogP contribution in [0.1, 0.15) is 76.8 Å². The number of benzene rings is 2. The van der Waals surface area contributed by atoms with Gasteiger partial charge in [0.1, 0.15) is 6.07 Å². The van der Waals surface area contributed by atoms with Crippen molar-refractivity contribution in [3.63, 3.8) is 0 Å². The normalized spacial score (nSPS) is 19.9. The van der Waals surface area contributed by atoms with Gasteiger partial charge in [-0.25, -0.2) is 0 Å². The first-order chi connectivity index (χ1) is 18.5. The highest BCUT2D eigenvalue weighted by Gasteiger charge is 2.52. The van der Waals surface area contributed by atoms with E-state index in [1.54, 1.807) is 11.0 Å². The van der Waals surface area contributed by atoms with Crippen LogP contribution in [-0.2, 0) is 14.6 Å². The van der Waals surface area contributed by atoms with Crippen molar-refractivity contribution >= 4 is 42.9 Å². The molecule has 2 heterocycles. The molecule has 0 aromatic heterocycles. The fourth-order valence-corrected chi connectivity index (χ4v) is 7.62. The van der Waals surface area contributed by atoms with Crippen LogP contribution < -0.4 is 9.80 Å². The molecule has 3 aliphatic rings. The third-order valence-electron chi connectivity index (χ3n) is 9.87. The van der Waals surface area contributed by atoms with Crippen molar-refractivity contribution in [1.82, 2.24) is 0 Å². The number of piperidine rings is 1. The second-order valence-corrected chi connectivity index (χ2v) is 18.4. The van der Waals surface area contributed by atoms with E-state index in [9.17, 15) is 10.1 Å². The second-order valence-electron chi connectivity index (χ2n) is 13.2. The molecule has 1 saturated carbocycles. The molecule has 2 fully saturated rings. The zero-order valence-electron chi connectivity index (χ0n) is 24.1. The van der Waals surface area contributed by atoms with E-state index in [0.717, 1.165) is 75.9 Å². The molecule has 7 heteroatoms. The summed E-state index contributed by atoms with van der Waals surface area (Å²) in [6, 6.07) is 14.2. The third-order valence-corrected chi connectivity index (χ3v) is 14.7. The molecule has 0 atom stereocenters. The minimum Gasteiger partial charge on any atom is -0.417 e. The Labute approximate surface area is 240 Å². The number of fused-ring (bicyclic) bond motifs is 2. The van der Waals surface area contributed by atoms with Crippen molar-refractivity contribution in [3.05, 3.63) is 52.5 Å². The minimum atomic E-state index is -1.73. The van der Waals surface area contributed by atoms with Crippen LogP contribution in [0.25, 0.3) is 0 Å². The van der Waals surface area contributed by atoms with Crippen molar-refractivity contribution < 1.29 is 9.22 Å². The summed E-state index contributed by atoms with van der Waals surface area (Å²) < 4.78 is 6.55. The summed E-state index contributed by atoms with van der Waals surface area (Å²) in [6.07, 6.45) is 7.20. The first kappa shape index (κ1) is 28.2. The lowest BCUT2D eigenvalue weighted by Crippen LogP contribution is -2.43. The van der Waals surface area contributed by atoms with Crippen molar-refractivity contribution in [3.8, 4) is 6.07 Å². The molecule has 0 radical (unpaired) electrons. The second kappa shape index (κ2) is 10.6. The Bertz CT molecular complexity index is 1280. The molecule has 0 N–H and O–H groups in total. The van der Waals surface area contributed by atoms with Crippen LogP contribution in [0, 0.1) is 17.2 Å². The quantitative estimate of drug-likeness (QED) is 0.343. The summed E-state index contributed by atoms with van der Waals surface area (Å²) in [5, 5.41) is 10.5. The molecule has 1 spiro atoms. The smallest absolute Gasteiger partial charge is 0.242 e. The number of carbonyl (C=O) groups is 1. The maximum absolute atomic E-state index is 14.2. The van der Waals surface area contributed by atoms with E-state index in [0.29, 0.717) is 22.2 Å². The Kier molecular flexibility index (Phi) is 7.65. The highest BCUT2D eigenvalue weighted by Crippen LogP contribution is 2.54. The maximum Gasteiger partial charge on any atom is 0.242 e. The van der Waals surface area contributed by atoms with Crippen molar-refractivity contribution in [2.75, 3.05) is 29.5 Å². The summed E-state index contributed by atoms with van der Waals surface area (Å²) in [4.78, 5) is 18.5. The van der Waals surface area contributed by atoms with Crippen LogP contribution in [-0.4, -0.2) is 33.9 Å². The summed E-state index contributed by atoms with van der Waals surface area (Å²) in [5.74, 6) is 0.688. The van der Waals surface area contributed by atoms with Crippen LogP contribution in [0.5, 0.6) is 0 Å². The average Bonchev–Trinajstić information content (AvgIpc) is 3.14. The number of anilines is 3. The highest BCUT2D eigenvalue weighted by molar-refractivity contribution is 6.74. The van der Waals surface area contributed by atoms with E-state index in [1.165, 1.54) is 5.69 Å². The molecule has 1 aliphatic carbocycles. The Morgan fingerprint density at radius 1 is 1.08 bits per heavy atom. The van der Waals surface area contributed by atoms with Crippen LogP contribution in [0.4, 0.5) is 17.1 Å². The lowest BCUT2D eigenvalue weighted by Gasteiger charge is -2.39. The molecule has 1 saturated heterocycles. The van der Waals surface area contributed by atoms with E-state index < -0.39 is 13.7 Å². The van der Waals surface area contributed by atoms with Gasteiger partial charge in [0.2, 0.25) is 5.91 Å².